The Morgan fingerprint density at radius 2 is 1.12 bits per heavy atom. The second kappa shape index (κ2) is 6.83. The standard InChI is InChI=1S/C18H16N2O6/c1-3-25-17-7-5-15(19(21)22)11-9-12-14(10-13(11)17)18(26-4-2)8-6-16(12)20(23)24/h5-10H,3-4H2,1-2H3. The van der Waals surface area contributed by atoms with Crippen molar-refractivity contribution < 1.29 is 19.3 Å². The quantitative estimate of drug-likeness (QED) is 0.363. The van der Waals surface area contributed by atoms with Gasteiger partial charge in [-0.25, -0.2) is 0 Å². The van der Waals surface area contributed by atoms with Crippen LogP contribution in [0.2, 0.25) is 0 Å². The highest BCUT2D eigenvalue weighted by Gasteiger charge is 2.21. The number of ether oxygens (including phenoxy) is 2. The van der Waals surface area contributed by atoms with E-state index in [1.807, 2.05) is 13.8 Å². The molecule has 134 valence electrons. The van der Waals surface area contributed by atoms with Crippen LogP contribution in [-0.2, 0) is 0 Å². The van der Waals surface area contributed by atoms with E-state index < -0.39 is 9.85 Å². The Balaban J connectivity index is 2.49. The fraction of sp³-hybridized carbons (Fsp3) is 0.222. The van der Waals surface area contributed by atoms with Gasteiger partial charge in [-0.15, -0.1) is 0 Å². The average Bonchev–Trinajstić information content (AvgIpc) is 2.60. The van der Waals surface area contributed by atoms with Crippen molar-refractivity contribution in [3.05, 3.63) is 56.6 Å². The van der Waals surface area contributed by atoms with E-state index in [0.717, 1.165) is 0 Å². The summed E-state index contributed by atoms with van der Waals surface area (Å²) in [4.78, 5) is 21.8. The third kappa shape index (κ3) is 2.85. The van der Waals surface area contributed by atoms with E-state index in [1.54, 1.807) is 6.07 Å². The largest absolute Gasteiger partial charge is 0.493 e. The van der Waals surface area contributed by atoms with Gasteiger partial charge in [0, 0.05) is 22.9 Å². The second-order valence-corrected chi connectivity index (χ2v) is 5.49. The second-order valence-electron chi connectivity index (χ2n) is 5.49. The molecule has 3 aromatic rings. The molecule has 3 aromatic carbocycles. The molecule has 0 N–H and O–H groups in total. The molecule has 0 atom stereocenters. The summed E-state index contributed by atoms with van der Waals surface area (Å²) in [5.41, 5.74) is -0.275. The first-order valence-electron chi connectivity index (χ1n) is 8.05. The van der Waals surface area contributed by atoms with Gasteiger partial charge in [-0.05, 0) is 38.1 Å². The first-order valence-corrected chi connectivity index (χ1v) is 8.05. The number of fused-ring (bicyclic) bond motifs is 2. The minimum Gasteiger partial charge on any atom is -0.493 e. The molecule has 8 heteroatoms. The lowest BCUT2D eigenvalue weighted by Gasteiger charge is -2.12. The van der Waals surface area contributed by atoms with E-state index in [0.29, 0.717) is 35.5 Å². The van der Waals surface area contributed by atoms with Gasteiger partial charge in [0.1, 0.15) is 11.5 Å². The van der Waals surface area contributed by atoms with Gasteiger partial charge in [0.25, 0.3) is 11.4 Å². The molecule has 0 aliphatic heterocycles. The van der Waals surface area contributed by atoms with Crippen LogP contribution in [0.5, 0.6) is 11.5 Å². The third-order valence-corrected chi connectivity index (χ3v) is 4.02. The van der Waals surface area contributed by atoms with Crippen molar-refractivity contribution in [3.63, 3.8) is 0 Å². The van der Waals surface area contributed by atoms with Gasteiger partial charge in [0.15, 0.2) is 0 Å². The average molecular weight is 356 g/mol. The van der Waals surface area contributed by atoms with Crippen molar-refractivity contribution in [2.24, 2.45) is 0 Å². The van der Waals surface area contributed by atoms with Crippen molar-refractivity contribution in [2.75, 3.05) is 13.2 Å². The number of rotatable bonds is 6. The molecule has 0 fully saturated rings. The van der Waals surface area contributed by atoms with Gasteiger partial charge in [-0.2, -0.15) is 0 Å². The van der Waals surface area contributed by atoms with Crippen LogP contribution >= 0.6 is 0 Å². The van der Waals surface area contributed by atoms with E-state index in [9.17, 15) is 20.2 Å². The Kier molecular flexibility index (Phi) is 4.57. The van der Waals surface area contributed by atoms with Crippen LogP contribution in [0, 0.1) is 20.2 Å². The summed E-state index contributed by atoms with van der Waals surface area (Å²) in [6, 6.07) is 8.88. The topological polar surface area (TPSA) is 105 Å². The van der Waals surface area contributed by atoms with Crippen molar-refractivity contribution in [1.29, 1.82) is 0 Å². The van der Waals surface area contributed by atoms with Gasteiger partial charge in [0.05, 0.1) is 33.8 Å². The molecule has 0 aromatic heterocycles. The number of benzene rings is 3. The highest BCUT2D eigenvalue weighted by atomic mass is 16.6. The van der Waals surface area contributed by atoms with Crippen LogP contribution < -0.4 is 9.47 Å². The van der Waals surface area contributed by atoms with E-state index in [1.165, 1.54) is 30.3 Å². The molecule has 0 saturated carbocycles. The summed E-state index contributed by atoms with van der Waals surface area (Å²) < 4.78 is 11.2. The molecule has 0 aliphatic rings. The Morgan fingerprint density at radius 3 is 1.46 bits per heavy atom. The number of hydrogen-bond donors (Lipinski definition) is 0. The molecule has 0 heterocycles. The van der Waals surface area contributed by atoms with Crippen molar-refractivity contribution >= 4 is 32.9 Å². The number of nitrogens with zero attached hydrogens (tertiary/aromatic N) is 2. The van der Waals surface area contributed by atoms with Crippen LogP contribution in [0.1, 0.15) is 13.8 Å². The smallest absolute Gasteiger partial charge is 0.277 e. The monoisotopic (exact) mass is 356 g/mol. The summed E-state index contributed by atoms with van der Waals surface area (Å²) in [7, 11) is 0. The van der Waals surface area contributed by atoms with E-state index in [-0.39, 0.29) is 22.1 Å². The fourth-order valence-electron chi connectivity index (χ4n) is 2.98. The fourth-order valence-corrected chi connectivity index (χ4v) is 2.98. The Labute approximate surface area is 148 Å². The van der Waals surface area contributed by atoms with Crippen LogP contribution in [0.25, 0.3) is 21.5 Å². The summed E-state index contributed by atoms with van der Waals surface area (Å²) in [6.45, 7) is 4.39. The van der Waals surface area contributed by atoms with E-state index in [2.05, 4.69) is 0 Å². The lowest BCUT2D eigenvalue weighted by atomic mass is 10.00. The van der Waals surface area contributed by atoms with Crippen molar-refractivity contribution in [3.8, 4) is 11.5 Å². The lowest BCUT2D eigenvalue weighted by Crippen LogP contribution is -1.98. The molecule has 0 aliphatic carbocycles. The summed E-state index contributed by atoms with van der Waals surface area (Å²) in [6.07, 6.45) is 0. The Hall–Kier alpha value is -3.42. The molecule has 0 bridgehead atoms. The minimum absolute atomic E-state index is 0.138. The van der Waals surface area contributed by atoms with Crippen molar-refractivity contribution in [1.82, 2.24) is 0 Å². The predicted molar refractivity (Wildman–Crippen MR) is 97.1 cm³/mol. The molecule has 0 amide bonds. The van der Waals surface area contributed by atoms with Crippen LogP contribution in [-0.4, -0.2) is 23.1 Å². The number of hydrogen-bond acceptors (Lipinski definition) is 6. The van der Waals surface area contributed by atoms with Crippen molar-refractivity contribution in [2.45, 2.75) is 13.8 Å². The zero-order valence-electron chi connectivity index (χ0n) is 14.2. The molecular formula is C18H16N2O6. The summed E-state index contributed by atoms with van der Waals surface area (Å²) >= 11 is 0. The van der Waals surface area contributed by atoms with Crippen LogP contribution in [0.15, 0.2) is 36.4 Å². The summed E-state index contributed by atoms with van der Waals surface area (Å²) in [5, 5.41) is 24.4. The number of nitro groups is 2. The van der Waals surface area contributed by atoms with Gasteiger partial charge < -0.3 is 9.47 Å². The third-order valence-electron chi connectivity index (χ3n) is 4.02. The zero-order valence-corrected chi connectivity index (χ0v) is 14.2. The SMILES string of the molecule is CCOc1ccc([N+](=O)[O-])c2cc3c([N+](=O)[O-])ccc(OCC)c3cc12. The molecule has 0 saturated heterocycles. The number of nitro benzene ring substituents is 2. The maximum atomic E-state index is 11.4. The Morgan fingerprint density at radius 1 is 0.731 bits per heavy atom. The van der Waals surface area contributed by atoms with Gasteiger partial charge in [-0.3, -0.25) is 20.2 Å². The zero-order chi connectivity index (χ0) is 18.8. The predicted octanol–water partition coefficient (Wildman–Crippen LogP) is 4.61. The van der Waals surface area contributed by atoms with Gasteiger partial charge >= 0.3 is 0 Å². The Bertz CT molecular complexity index is 952. The maximum Gasteiger partial charge on any atom is 0.277 e. The molecule has 26 heavy (non-hydrogen) atoms. The molecular weight excluding hydrogens is 340 g/mol. The molecule has 0 radical (unpaired) electrons. The highest BCUT2D eigenvalue weighted by molar-refractivity contribution is 6.09. The highest BCUT2D eigenvalue weighted by Crippen LogP contribution is 2.41. The lowest BCUT2D eigenvalue weighted by molar-refractivity contribution is -0.383. The van der Waals surface area contributed by atoms with Gasteiger partial charge in [-0.1, -0.05) is 0 Å². The summed E-state index contributed by atoms with van der Waals surface area (Å²) in [5.74, 6) is 0.952. The molecule has 8 nitrogen and oxygen atoms in total. The van der Waals surface area contributed by atoms with Gasteiger partial charge in [0.2, 0.25) is 0 Å². The van der Waals surface area contributed by atoms with Crippen LogP contribution in [0.3, 0.4) is 0 Å². The first kappa shape index (κ1) is 17.4. The first-order chi connectivity index (χ1) is 12.5. The van der Waals surface area contributed by atoms with Crippen LogP contribution in [0.4, 0.5) is 11.4 Å². The molecule has 0 spiro atoms. The number of non-ortho nitro benzene ring substituents is 2. The van der Waals surface area contributed by atoms with E-state index in [4.69, 9.17) is 9.47 Å². The maximum absolute atomic E-state index is 11.4. The van der Waals surface area contributed by atoms with E-state index >= 15 is 0 Å². The molecule has 0 unspecified atom stereocenters. The normalized spacial score (nSPS) is 10.8. The minimum atomic E-state index is -0.512. The molecule has 3 rings (SSSR count).